The molecule has 0 radical (unpaired) electrons. The van der Waals surface area contributed by atoms with Crippen molar-refractivity contribution in [2.24, 2.45) is 10.4 Å². The minimum atomic E-state index is 0. The standard InChI is InChI=1S/C17H28N4OS.HI/c1-3-17(8-5-9-17)13-21-16(18-2)20-11-6-10-19-15(22)14-7-4-12-23-14;/h4,7,12H,3,5-6,8-11,13H2,1-2H3,(H,19,22)(H2,18,20,21);1H. The van der Waals surface area contributed by atoms with E-state index in [4.69, 9.17) is 0 Å². The summed E-state index contributed by atoms with van der Waals surface area (Å²) in [4.78, 5) is 16.8. The lowest BCUT2D eigenvalue weighted by Crippen LogP contribution is -2.46. The molecule has 0 spiro atoms. The molecule has 1 aromatic rings. The number of hydrogen-bond donors (Lipinski definition) is 3. The van der Waals surface area contributed by atoms with Crippen LogP contribution in [0.15, 0.2) is 22.5 Å². The molecule has 0 aliphatic heterocycles. The second kappa shape index (κ2) is 10.9. The third-order valence-corrected chi connectivity index (χ3v) is 5.56. The molecule has 136 valence electrons. The Kier molecular flexibility index (Phi) is 9.65. The topological polar surface area (TPSA) is 65.5 Å². The zero-order chi connectivity index (χ0) is 16.5. The Morgan fingerprint density at radius 1 is 1.29 bits per heavy atom. The van der Waals surface area contributed by atoms with Gasteiger partial charge in [-0.3, -0.25) is 9.79 Å². The Balaban J connectivity index is 0.00000288. The fourth-order valence-corrected chi connectivity index (χ4v) is 3.46. The first-order valence-electron chi connectivity index (χ1n) is 8.45. The first kappa shape index (κ1) is 21.2. The van der Waals surface area contributed by atoms with Gasteiger partial charge in [-0.05, 0) is 42.5 Å². The van der Waals surface area contributed by atoms with E-state index in [-0.39, 0.29) is 29.9 Å². The molecule has 0 bridgehead atoms. The largest absolute Gasteiger partial charge is 0.356 e. The lowest BCUT2D eigenvalue weighted by atomic mass is 9.67. The van der Waals surface area contributed by atoms with Gasteiger partial charge in [-0.25, -0.2) is 0 Å². The average Bonchev–Trinajstić information content (AvgIpc) is 3.06. The highest BCUT2D eigenvalue weighted by molar-refractivity contribution is 14.0. The fraction of sp³-hybridized carbons (Fsp3) is 0.647. The summed E-state index contributed by atoms with van der Waals surface area (Å²) in [7, 11) is 1.80. The molecule has 1 heterocycles. The third kappa shape index (κ3) is 6.23. The van der Waals surface area contributed by atoms with Crippen molar-refractivity contribution < 1.29 is 4.79 Å². The van der Waals surface area contributed by atoms with Crippen molar-refractivity contribution >= 4 is 47.2 Å². The highest BCUT2D eigenvalue weighted by Gasteiger charge is 2.34. The first-order valence-corrected chi connectivity index (χ1v) is 9.33. The molecule has 0 saturated heterocycles. The van der Waals surface area contributed by atoms with Gasteiger partial charge in [0, 0.05) is 26.7 Å². The number of thiophene rings is 1. The smallest absolute Gasteiger partial charge is 0.261 e. The lowest BCUT2D eigenvalue weighted by molar-refractivity contribution is 0.0957. The predicted molar refractivity (Wildman–Crippen MR) is 113 cm³/mol. The van der Waals surface area contributed by atoms with Crippen molar-refractivity contribution in [1.29, 1.82) is 0 Å². The van der Waals surface area contributed by atoms with Crippen LogP contribution in [0.2, 0.25) is 0 Å². The van der Waals surface area contributed by atoms with Crippen LogP contribution in [-0.4, -0.2) is 38.5 Å². The summed E-state index contributed by atoms with van der Waals surface area (Å²) in [6, 6.07) is 3.73. The van der Waals surface area contributed by atoms with Gasteiger partial charge < -0.3 is 16.0 Å². The van der Waals surface area contributed by atoms with Crippen LogP contribution < -0.4 is 16.0 Å². The zero-order valence-corrected chi connectivity index (χ0v) is 17.7. The van der Waals surface area contributed by atoms with Crippen molar-refractivity contribution in [2.75, 3.05) is 26.7 Å². The molecule has 3 N–H and O–H groups in total. The van der Waals surface area contributed by atoms with E-state index in [9.17, 15) is 4.79 Å². The molecule has 2 rings (SSSR count). The maximum Gasteiger partial charge on any atom is 0.261 e. The van der Waals surface area contributed by atoms with Gasteiger partial charge in [-0.2, -0.15) is 0 Å². The summed E-state index contributed by atoms with van der Waals surface area (Å²) < 4.78 is 0. The predicted octanol–water partition coefficient (Wildman–Crippen LogP) is 3.23. The van der Waals surface area contributed by atoms with E-state index < -0.39 is 0 Å². The van der Waals surface area contributed by atoms with Crippen molar-refractivity contribution in [2.45, 2.75) is 39.0 Å². The van der Waals surface area contributed by atoms with Crippen molar-refractivity contribution in [3.05, 3.63) is 22.4 Å². The normalized spacial score (nSPS) is 15.8. The number of rotatable bonds is 8. The molecule has 1 saturated carbocycles. The van der Waals surface area contributed by atoms with Gasteiger partial charge in [0.2, 0.25) is 0 Å². The minimum Gasteiger partial charge on any atom is -0.356 e. The molecule has 1 amide bonds. The number of nitrogens with zero attached hydrogens (tertiary/aromatic N) is 1. The van der Waals surface area contributed by atoms with E-state index in [0.29, 0.717) is 12.0 Å². The molecule has 7 heteroatoms. The van der Waals surface area contributed by atoms with Crippen LogP contribution in [0.1, 0.15) is 48.7 Å². The Morgan fingerprint density at radius 3 is 2.58 bits per heavy atom. The molecule has 1 fully saturated rings. The van der Waals surface area contributed by atoms with E-state index in [2.05, 4.69) is 27.9 Å². The summed E-state index contributed by atoms with van der Waals surface area (Å²) in [5.41, 5.74) is 0.478. The second-order valence-electron chi connectivity index (χ2n) is 6.15. The Labute approximate surface area is 166 Å². The molecular weight excluding hydrogens is 435 g/mol. The number of guanidine groups is 1. The van der Waals surface area contributed by atoms with Gasteiger partial charge in [0.1, 0.15) is 0 Å². The average molecular weight is 464 g/mol. The van der Waals surface area contributed by atoms with Crippen LogP contribution in [0.3, 0.4) is 0 Å². The van der Waals surface area contributed by atoms with E-state index in [1.807, 2.05) is 17.5 Å². The van der Waals surface area contributed by atoms with Gasteiger partial charge in [0.05, 0.1) is 4.88 Å². The molecule has 0 atom stereocenters. The Bertz CT molecular complexity index is 509. The van der Waals surface area contributed by atoms with Crippen molar-refractivity contribution in [1.82, 2.24) is 16.0 Å². The second-order valence-corrected chi connectivity index (χ2v) is 7.09. The summed E-state index contributed by atoms with van der Waals surface area (Å²) in [5.74, 6) is 0.867. The minimum absolute atomic E-state index is 0. The number of carbonyl (C=O) groups excluding carboxylic acids is 1. The number of carbonyl (C=O) groups is 1. The summed E-state index contributed by atoms with van der Waals surface area (Å²) in [6.07, 6.45) is 6.10. The number of aliphatic imine (C=N–C) groups is 1. The summed E-state index contributed by atoms with van der Waals surface area (Å²) in [5, 5.41) is 11.6. The van der Waals surface area contributed by atoms with Gasteiger partial charge in [0.15, 0.2) is 5.96 Å². The molecule has 24 heavy (non-hydrogen) atoms. The van der Waals surface area contributed by atoms with Crippen LogP contribution in [0, 0.1) is 5.41 Å². The lowest BCUT2D eigenvalue weighted by Gasteiger charge is -2.41. The summed E-state index contributed by atoms with van der Waals surface area (Å²) in [6.45, 7) is 4.73. The highest BCUT2D eigenvalue weighted by Crippen LogP contribution is 2.42. The number of halogens is 1. The number of nitrogens with one attached hydrogen (secondary N) is 3. The summed E-state index contributed by atoms with van der Waals surface area (Å²) >= 11 is 1.47. The van der Waals surface area contributed by atoms with E-state index in [1.165, 1.54) is 37.0 Å². The van der Waals surface area contributed by atoms with Crippen LogP contribution in [0.5, 0.6) is 0 Å². The Hall–Kier alpha value is -0.830. The molecule has 0 aromatic carbocycles. The van der Waals surface area contributed by atoms with Gasteiger partial charge in [0.25, 0.3) is 5.91 Å². The molecular formula is C17H29IN4OS. The van der Waals surface area contributed by atoms with Crippen LogP contribution in [-0.2, 0) is 0 Å². The van der Waals surface area contributed by atoms with E-state index in [0.717, 1.165) is 30.3 Å². The SMILES string of the molecule is CCC1(CNC(=NC)NCCCNC(=O)c2cccs2)CCC1.I. The van der Waals surface area contributed by atoms with Crippen LogP contribution in [0.25, 0.3) is 0 Å². The van der Waals surface area contributed by atoms with Gasteiger partial charge in [-0.1, -0.05) is 19.4 Å². The third-order valence-electron chi connectivity index (χ3n) is 4.70. The fourth-order valence-electron chi connectivity index (χ4n) is 2.82. The maximum absolute atomic E-state index is 11.8. The van der Waals surface area contributed by atoms with Crippen molar-refractivity contribution in [3.8, 4) is 0 Å². The number of amides is 1. The van der Waals surface area contributed by atoms with Crippen LogP contribution in [0.4, 0.5) is 0 Å². The molecule has 0 unspecified atom stereocenters. The molecule has 5 nitrogen and oxygen atoms in total. The van der Waals surface area contributed by atoms with Gasteiger partial charge in [-0.15, -0.1) is 35.3 Å². The highest BCUT2D eigenvalue weighted by atomic mass is 127. The van der Waals surface area contributed by atoms with Crippen LogP contribution >= 0.6 is 35.3 Å². The van der Waals surface area contributed by atoms with E-state index in [1.54, 1.807) is 7.05 Å². The first-order chi connectivity index (χ1) is 11.2. The quantitative estimate of drug-likeness (QED) is 0.240. The zero-order valence-electron chi connectivity index (χ0n) is 14.6. The monoisotopic (exact) mass is 464 g/mol. The van der Waals surface area contributed by atoms with Crippen molar-refractivity contribution in [3.63, 3.8) is 0 Å². The molecule has 1 aliphatic rings. The maximum atomic E-state index is 11.8. The Morgan fingerprint density at radius 2 is 2.04 bits per heavy atom. The molecule has 1 aliphatic carbocycles. The van der Waals surface area contributed by atoms with Gasteiger partial charge >= 0.3 is 0 Å². The number of hydrogen-bond acceptors (Lipinski definition) is 3. The molecule has 1 aromatic heterocycles. The van der Waals surface area contributed by atoms with E-state index >= 15 is 0 Å².